The second-order valence-corrected chi connectivity index (χ2v) is 7.11. The van der Waals surface area contributed by atoms with E-state index in [0.717, 1.165) is 5.56 Å². The fourth-order valence-electron chi connectivity index (χ4n) is 3.56. The number of hydrogen-bond acceptors (Lipinski definition) is 4. The highest BCUT2D eigenvalue weighted by molar-refractivity contribution is 5.70. The number of hydrogen-bond donors (Lipinski definition) is 1. The largest absolute Gasteiger partial charge is 0.497 e. The summed E-state index contributed by atoms with van der Waals surface area (Å²) in [6.07, 6.45) is -0.786. The van der Waals surface area contributed by atoms with Crippen LogP contribution in [0.4, 0.5) is 9.18 Å². The molecule has 2 N–H and O–H groups in total. The van der Waals surface area contributed by atoms with Crippen LogP contribution in [-0.4, -0.2) is 20.3 Å². The Morgan fingerprint density at radius 1 is 1.12 bits per heavy atom. The van der Waals surface area contributed by atoms with Crippen molar-refractivity contribution >= 4 is 6.09 Å². The summed E-state index contributed by atoms with van der Waals surface area (Å²) in [6.45, 7) is 3.93. The lowest BCUT2D eigenvalue weighted by atomic mass is 9.87. The monoisotopic (exact) mass is 359 g/mol. The molecule has 1 aliphatic rings. The van der Waals surface area contributed by atoms with Crippen LogP contribution in [0.2, 0.25) is 0 Å². The van der Waals surface area contributed by atoms with Gasteiger partial charge in [-0.2, -0.15) is 0 Å². The van der Waals surface area contributed by atoms with Crippen LogP contribution in [0.5, 0.6) is 11.5 Å². The molecule has 2 aromatic rings. The van der Waals surface area contributed by atoms with Gasteiger partial charge in [-0.25, -0.2) is 9.18 Å². The molecule has 0 heterocycles. The van der Waals surface area contributed by atoms with Crippen molar-refractivity contribution in [3.8, 4) is 22.6 Å². The van der Waals surface area contributed by atoms with Crippen molar-refractivity contribution < 1.29 is 23.4 Å². The SMILES string of the molecule is COc1cc(OC)cc(-c2cc3c(cc2F)C(OC(N)=O)C(C)(C)C3)c1. The zero-order chi connectivity index (χ0) is 19.1. The van der Waals surface area contributed by atoms with Gasteiger partial charge >= 0.3 is 6.09 Å². The minimum absolute atomic E-state index is 0.367. The highest BCUT2D eigenvalue weighted by Crippen LogP contribution is 2.49. The van der Waals surface area contributed by atoms with E-state index < -0.39 is 18.0 Å². The third-order valence-electron chi connectivity index (χ3n) is 4.76. The van der Waals surface area contributed by atoms with E-state index >= 15 is 0 Å². The van der Waals surface area contributed by atoms with Gasteiger partial charge in [0.05, 0.1) is 14.2 Å². The predicted octanol–water partition coefficient (Wildman–Crippen LogP) is 4.23. The molecule has 1 atom stereocenters. The topological polar surface area (TPSA) is 70.8 Å². The summed E-state index contributed by atoms with van der Waals surface area (Å²) in [4.78, 5) is 11.2. The van der Waals surface area contributed by atoms with Gasteiger partial charge in [-0.3, -0.25) is 0 Å². The summed E-state index contributed by atoms with van der Waals surface area (Å²) in [5, 5.41) is 0. The van der Waals surface area contributed by atoms with Gasteiger partial charge in [0.25, 0.3) is 0 Å². The van der Waals surface area contributed by atoms with E-state index in [-0.39, 0.29) is 5.41 Å². The molecule has 0 saturated carbocycles. The molecule has 0 aliphatic heterocycles. The van der Waals surface area contributed by atoms with Crippen molar-refractivity contribution in [3.05, 3.63) is 47.3 Å². The molecule has 1 unspecified atom stereocenters. The third-order valence-corrected chi connectivity index (χ3v) is 4.76. The molecule has 0 aromatic heterocycles. The number of nitrogens with two attached hydrogens (primary N) is 1. The summed E-state index contributed by atoms with van der Waals surface area (Å²) < 4.78 is 30.7. The summed E-state index contributed by atoms with van der Waals surface area (Å²) >= 11 is 0. The van der Waals surface area contributed by atoms with E-state index in [1.54, 1.807) is 38.5 Å². The number of ether oxygens (including phenoxy) is 3. The maximum Gasteiger partial charge on any atom is 0.405 e. The van der Waals surface area contributed by atoms with Crippen molar-refractivity contribution in [2.24, 2.45) is 11.1 Å². The Labute approximate surface area is 151 Å². The summed E-state index contributed by atoms with van der Waals surface area (Å²) in [7, 11) is 3.10. The molecule has 138 valence electrons. The molecular formula is C20H22FNO4. The Bertz CT molecular complexity index is 841. The standard InChI is InChI=1S/C20H22FNO4/c1-20(2)10-12-7-15(11-5-13(24-3)8-14(6-11)25-4)17(21)9-16(12)18(20)26-19(22)23/h5-9,18H,10H2,1-4H3,(H2,22,23). The number of primary amides is 1. The Balaban J connectivity index is 2.10. The van der Waals surface area contributed by atoms with Crippen LogP contribution in [0.25, 0.3) is 11.1 Å². The number of benzene rings is 2. The number of halogens is 1. The molecule has 26 heavy (non-hydrogen) atoms. The van der Waals surface area contributed by atoms with E-state index in [1.165, 1.54) is 6.07 Å². The molecule has 6 heteroatoms. The molecular weight excluding hydrogens is 337 g/mol. The summed E-state index contributed by atoms with van der Waals surface area (Å²) in [5.41, 5.74) is 7.50. The lowest BCUT2D eigenvalue weighted by Crippen LogP contribution is -2.25. The Morgan fingerprint density at radius 3 is 2.27 bits per heavy atom. The zero-order valence-electron chi connectivity index (χ0n) is 15.3. The van der Waals surface area contributed by atoms with Gasteiger partial charge in [0.1, 0.15) is 23.4 Å². The van der Waals surface area contributed by atoms with Crippen LogP contribution >= 0.6 is 0 Å². The van der Waals surface area contributed by atoms with E-state index in [0.29, 0.717) is 34.6 Å². The number of methoxy groups -OCH3 is 2. The lowest BCUT2D eigenvalue weighted by Gasteiger charge is -2.26. The van der Waals surface area contributed by atoms with Crippen molar-refractivity contribution in [1.82, 2.24) is 0 Å². The lowest BCUT2D eigenvalue weighted by molar-refractivity contribution is 0.0391. The predicted molar refractivity (Wildman–Crippen MR) is 95.8 cm³/mol. The number of carbonyl (C=O) groups excluding carboxylic acids is 1. The van der Waals surface area contributed by atoms with Crippen molar-refractivity contribution in [2.75, 3.05) is 14.2 Å². The average molecular weight is 359 g/mol. The van der Waals surface area contributed by atoms with Crippen LogP contribution in [0, 0.1) is 11.2 Å². The maximum absolute atomic E-state index is 14.9. The Kier molecular flexibility index (Phi) is 4.52. The first kappa shape index (κ1) is 18.0. The Morgan fingerprint density at radius 2 is 1.73 bits per heavy atom. The quantitative estimate of drug-likeness (QED) is 0.887. The van der Waals surface area contributed by atoms with Crippen molar-refractivity contribution in [3.63, 3.8) is 0 Å². The first-order chi connectivity index (χ1) is 12.2. The smallest absolute Gasteiger partial charge is 0.405 e. The van der Waals surface area contributed by atoms with Crippen molar-refractivity contribution in [1.29, 1.82) is 0 Å². The molecule has 0 radical (unpaired) electrons. The van der Waals surface area contributed by atoms with Gasteiger partial charge in [0, 0.05) is 17.0 Å². The van der Waals surface area contributed by atoms with E-state index in [1.807, 2.05) is 13.8 Å². The fourth-order valence-corrected chi connectivity index (χ4v) is 3.56. The molecule has 3 rings (SSSR count). The Hall–Kier alpha value is -2.76. The van der Waals surface area contributed by atoms with Crippen LogP contribution in [0.3, 0.4) is 0 Å². The summed E-state index contributed by atoms with van der Waals surface area (Å²) in [5.74, 6) is 0.749. The first-order valence-corrected chi connectivity index (χ1v) is 8.27. The molecule has 0 bridgehead atoms. The minimum Gasteiger partial charge on any atom is -0.497 e. The summed E-state index contributed by atoms with van der Waals surface area (Å²) in [6, 6.07) is 8.47. The maximum atomic E-state index is 14.9. The number of fused-ring (bicyclic) bond motifs is 1. The molecule has 5 nitrogen and oxygen atoms in total. The van der Waals surface area contributed by atoms with E-state index in [9.17, 15) is 9.18 Å². The van der Waals surface area contributed by atoms with E-state index in [2.05, 4.69) is 0 Å². The highest BCUT2D eigenvalue weighted by atomic mass is 19.1. The number of amides is 1. The zero-order valence-corrected chi connectivity index (χ0v) is 15.3. The van der Waals surface area contributed by atoms with Crippen LogP contribution in [0.15, 0.2) is 30.3 Å². The van der Waals surface area contributed by atoms with Crippen molar-refractivity contribution in [2.45, 2.75) is 26.4 Å². The van der Waals surface area contributed by atoms with Crippen LogP contribution in [-0.2, 0) is 11.2 Å². The van der Waals surface area contributed by atoms with Gasteiger partial charge in [-0.15, -0.1) is 0 Å². The first-order valence-electron chi connectivity index (χ1n) is 8.27. The minimum atomic E-state index is -0.863. The second-order valence-electron chi connectivity index (χ2n) is 7.11. The fraction of sp³-hybridized carbons (Fsp3) is 0.350. The highest BCUT2D eigenvalue weighted by Gasteiger charge is 2.42. The number of rotatable bonds is 4. The second kappa shape index (κ2) is 6.52. The van der Waals surface area contributed by atoms with E-state index in [4.69, 9.17) is 19.9 Å². The van der Waals surface area contributed by atoms with Crippen LogP contribution < -0.4 is 15.2 Å². The molecule has 1 aliphatic carbocycles. The third kappa shape index (κ3) is 3.19. The molecule has 0 saturated heterocycles. The normalized spacial score (nSPS) is 17.5. The van der Waals surface area contributed by atoms with Gasteiger partial charge in [0.2, 0.25) is 0 Å². The average Bonchev–Trinajstić information content (AvgIpc) is 2.83. The van der Waals surface area contributed by atoms with Gasteiger partial charge in [-0.05, 0) is 47.4 Å². The molecule has 0 fully saturated rings. The van der Waals surface area contributed by atoms with Crippen LogP contribution in [0.1, 0.15) is 31.1 Å². The molecule has 0 spiro atoms. The number of carbonyl (C=O) groups is 1. The van der Waals surface area contributed by atoms with Gasteiger partial charge < -0.3 is 19.9 Å². The molecule has 1 amide bonds. The van der Waals surface area contributed by atoms with Gasteiger partial charge in [0.15, 0.2) is 0 Å². The van der Waals surface area contributed by atoms with Gasteiger partial charge in [-0.1, -0.05) is 13.8 Å². The molecule has 2 aromatic carbocycles.